The molecule has 2 unspecified atom stereocenters. The van der Waals surface area contributed by atoms with E-state index < -0.39 is 0 Å². The van der Waals surface area contributed by atoms with Crippen molar-refractivity contribution in [1.82, 2.24) is 4.90 Å². The highest BCUT2D eigenvalue weighted by Crippen LogP contribution is 2.19. The molecule has 2 nitrogen and oxygen atoms in total. The van der Waals surface area contributed by atoms with Crippen molar-refractivity contribution in [2.45, 2.75) is 45.3 Å². The van der Waals surface area contributed by atoms with Gasteiger partial charge < -0.3 is 5.11 Å². The Morgan fingerprint density at radius 2 is 2.18 bits per heavy atom. The Kier molecular flexibility index (Phi) is 3.34. The van der Waals surface area contributed by atoms with E-state index in [1.54, 1.807) is 0 Å². The summed E-state index contributed by atoms with van der Waals surface area (Å²) in [6.45, 7) is 6.57. The molecule has 0 aromatic heterocycles. The maximum absolute atomic E-state index is 9.63. The van der Waals surface area contributed by atoms with Gasteiger partial charge in [0.1, 0.15) is 0 Å². The zero-order valence-corrected chi connectivity index (χ0v) is 7.58. The molecule has 2 atom stereocenters. The fourth-order valence-corrected chi connectivity index (χ4v) is 2.03. The number of piperidine rings is 1. The van der Waals surface area contributed by atoms with Crippen LogP contribution in [0, 0.1) is 0 Å². The van der Waals surface area contributed by atoms with Gasteiger partial charge in [0.05, 0.1) is 6.10 Å². The first-order valence-corrected chi connectivity index (χ1v) is 4.71. The van der Waals surface area contributed by atoms with Gasteiger partial charge in [-0.1, -0.05) is 13.8 Å². The zero-order chi connectivity index (χ0) is 8.27. The molecule has 0 radical (unpaired) electrons. The van der Waals surface area contributed by atoms with Gasteiger partial charge in [-0.15, -0.1) is 0 Å². The Hall–Kier alpha value is -0.0800. The second-order valence-electron chi connectivity index (χ2n) is 3.31. The van der Waals surface area contributed by atoms with Crippen LogP contribution in [0.4, 0.5) is 0 Å². The molecule has 1 N–H and O–H groups in total. The van der Waals surface area contributed by atoms with Crippen LogP contribution in [-0.4, -0.2) is 35.2 Å². The summed E-state index contributed by atoms with van der Waals surface area (Å²) in [5.74, 6) is 0. The Morgan fingerprint density at radius 3 is 2.64 bits per heavy atom. The molecule has 0 aromatic rings. The van der Waals surface area contributed by atoms with Crippen LogP contribution in [0.15, 0.2) is 0 Å². The summed E-state index contributed by atoms with van der Waals surface area (Å²) in [6, 6.07) is 0.425. The van der Waals surface area contributed by atoms with Crippen LogP contribution in [0.2, 0.25) is 0 Å². The van der Waals surface area contributed by atoms with Crippen LogP contribution in [0.3, 0.4) is 0 Å². The van der Waals surface area contributed by atoms with Crippen LogP contribution in [0.25, 0.3) is 0 Å². The van der Waals surface area contributed by atoms with Gasteiger partial charge in [-0.3, -0.25) is 4.90 Å². The number of rotatable bonds is 2. The van der Waals surface area contributed by atoms with Gasteiger partial charge in [0.25, 0.3) is 0 Å². The topological polar surface area (TPSA) is 23.5 Å². The fraction of sp³-hybridized carbons (Fsp3) is 1.00. The quantitative estimate of drug-likeness (QED) is 0.652. The van der Waals surface area contributed by atoms with E-state index in [4.69, 9.17) is 0 Å². The summed E-state index contributed by atoms with van der Waals surface area (Å²) in [5.41, 5.74) is 0. The molecule has 0 amide bonds. The lowest BCUT2D eigenvalue weighted by Gasteiger charge is -2.37. The first kappa shape index (κ1) is 9.01. The second kappa shape index (κ2) is 4.07. The lowest BCUT2D eigenvalue weighted by Crippen LogP contribution is -2.47. The second-order valence-corrected chi connectivity index (χ2v) is 3.31. The molecule has 1 fully saturated rings. The van der Waals surface area contributed by atoms with E-state index in [-0.39, 0.29) is 6.10 Å². The predicted molar refractivity (Wildman–Crippen MR) is 46.6 cm³/mol. The van der Waals surface area contributed by atoms with Crippen LogP contribution >= 0.6 is 0 Å². The number of likely N-dealkylation sites (N-methyl/N-ethyl adjacent to an activating group) is 1. The molecular weight excluding hydrogens is 138 g/mol. The van der Waals surface area contributed by atoms with E-state index in [1.807, 2.05) is 0 Å². The number of likely N-dealkylation sites (tertiary alicyclic amines) is 1. The molecule has 0 bridgehead atoms. The molecule has 0 aliphatic carbocycles. The number of aliphatic hydroxyl groups excluding tert-OH is 1. The molecule has 2 heteroatoms. The Bertz CT molecular complexity index is 116. The van der Waals surface area contributed by atoms with Crippen molar-refractivity contribution in [3.63, 3.8) is 0 Å². The Morgan fingerprint density at radius 1 is 1.45 bits per heavy atom. The van der Waals surface area contributed by atoms with Crippen LogP contribution < -0.4 is 0 Å². The van der Waals surface area contributed by atoms with Gasteiger partial charge in [0, 0.05) is 6.04 Å². The third-order valence-electron chi connectivity index (χ3n) is 2.68. The molecule has 0 saturated carbocycles. The minimum Gasteiger partial charge on any atom is -0.391 e. The average molecular weight is 157 g/mol. The van der Waals surface area contributed by atoms with Gasteiger partial charge in [-0.2, -0.15) is 0 Å². The Balaban J connectivity index is 2.48. The predicted octanol–water partition coefficient (Wildman–Crippen LogP) is 1.24. The van der Waals surface area contributed by atoms with Crippen molar-refractivity contribution in [2.75, 3.05) is 13.1 Å². The zero-order valence-electron chi connectivity index (χ0n) is 7.58. The highest BCUT2D eigenvalue weighted by molar-refractivity contribution is 4.81. The van der Waals surface area contributed by atoms with Gasteiger partial charge in [-0.05, 0) is 32.4 Å². The van der Waals surface area contributed by atoms with Crippen LogP contribution in [-0.2, 0) is 0 Å². The molecular formula is C9H19NO. The maximum Gasteiger partial charge on any atom is 0.0695 e. The normalized spacial score (nSPS) is 34.1. The van der Waals surface area contributed by atoms with Crippen LogP contribution in [0.5, 0.6) is 0 Å². The largest absolute Gasteiger partial charge is 0.391 e. The number of hydrogen-bond donors (Lipinski definition) is 1. The smallest absolute Gasteiger partial charge is 0.0695 e. The average Bonchev–Trinajstić information content (AvgIpc) is 2.04. The van der Waals surface area contributed by atoms with E-state index in [0.29, 0.717) is 6.04 Å². The van der Waals surface area contributed by atoms with E-state index in [9.17, 15) is 5.11 Å². The number of hydrogen-bond acceptors (Lipinski definition) is 2. The standard InChI is InChI=1S/C9H19NO/c1-3-8-9(11)6-5-7-10(8)4-2/h8-9,11H,3-7H2,1-2H3. The molecule has 0 spiro atoms. The summed E-state index contributed by atoms with van der Waals surface area (Å²) in [6.07, 6.45) is 3.16. The summed E-state index contributed by atoms with van der Waals surface area (Å²) >= 11 is 0. The van der Waals surface area contributed by atoms with Crippen molar-refractivity contribution < 1.29 is 5.11 Å². The first-order chi connectivity index (χ1) is 5.29. The van der Waals surface area contributed by atoms with Crippen molar-refractivity contribution in [3.05, 3.63) is 0 Å². The lowest BCUT2D eigenvalue weighted by molar-refractivity contribution is 0.0120. The minimum absolute atomic E-state index is 0.0753. The highest BCUT2D eigenvalue weighted by Gasteiger charge is 2.26. The summed E-state index contributed by atoms with van der Waals surface area (Å²) < 4.78 is 0. The first-order valence-electron chi connectivity index (χ1n) is 4.71. The van der Waals surface area contributed by atoms with Gasteiger partial charge in [0.2, 0.25) is 0 Å². The molecule has 1 aliphatic heterocycles. The highest BCUT2D eigenvalue weighted by atomic mass is 16.3. The van der Waals surface area contributed by atoms with Gasteiger partial charge in [0.15, 0.2) is 0 Å². The lowest BCUT2D eigenvalue weighted by atomic mass is 9.97. The van der Waals surface area contributed by atoms with Crippen molar-refractivity contribution >= 4 is 0 Å². The van der Waals surface area contributed by atoms with E-state index in [1.165, 1.54) is 6.54 Å². The van der Waals surface area contributed by atoms with E-state index in [2.05, 4.69) is 18.7 Å². The number of aliphatic hydroxyl groups is 1. The van der Waals surface area contributed by atoms with Crippen molar-refractivity contribution in [3.8, 4) is 0 Å². The summed E-state index contributed by atoms with van der Waals surface area (Å²) in [7, 11) is 0. The van der Waals surface area contributed by atoms with Crippen molar-refractivity contribution in [1.29, 1.82) is 0 Å². The third kappa shape index (κ3) is 1.94. The molecule has 1 rings (SSSR count). The maximum atomic E-state index is 9.63. The van der Waals surface area contributed by atoms with Crippen LogP contribution in [0.1, 0.15) is 33.1 Å². The summed E-state index contributed by atoms with van der Waals surface area (Å²) in [5, 5.41) is 9.63. The Labute approximate surface area is 69.2 Å². The minimum atomic E-state index is -0.0753. The number of nitrogens with zero attached hydrogens (tertiary/aromatic N) is 1. The molecule has 1 heterocycles. The van der Waals surface area contributed by atoms with E-state index in [0.717, 1.165) is 25.8 Å². The van der Waals surface area contributed by atoms with Gasteiger partial charge >= 0.3 is 0 Å². The van der Waals surface area contributed by atoms with Crippen molar-refractivity contribution in [2.24, 2.45) is 0 Å². The monoisotopic (exact) mass is 157 g/mol. The fourth-order valence-electron chi connectivity index (χ4n) is 2.03. The molecule has 1 saturated heterocycles. The van der Waals surface area contributed by atoms with E-state index >= 15 is 0 Å². The molecule has 0 aromatic carbocycles. The SMILES string of the molecule is CCC1C(O)CCCN1CC. The summed E-state index contributed by atoms with van der Waals surface area (Å²) in [4.78, 5) is 2.38. The molecule has 66 valence electrons. The molecule has 11 heavy (non-hydrogen) atoms. The third-order valence-corrected chi connectivity index (χ3v) is 2.68. The molecule has 1 aliphatic rings. The van der Waals surface area contributed by atoms with Gasteiger partial charge in [-0.25, -0.2) is 0 Å².